The molecule has 1 aromatic heterocycles. The normalized spacial score (nSPS) is 11.0. The van der Waals surface area contributed by atoms with Gasteiger partial charge in [-0.05, 0) is 103 Å². The van der Waals surface area contributed by atoms with Crippen LogP contribution in [-0.2, 0) is 25.7 Å². The van der Waals surface area contributed by atoms with Crippen LogP contribution in [0.2, 0.25) is 0 Å². The number of pyridine rings is 1. The summed E-state index contributed by atoms with van der Waals surface area (Å²) in [5.74, 6) is 0. The van der Waals surface area contributed by atoms with Crippen molar-refractivity contribution in [3.63, 3.8) is 0 Å². The highest BCUT2D eigenvalue weighted by molar-refractivity contribution is 5.72. The first-order valence-corrected chi connectivity index (χ1v) is 15.1. The van der Waals surface area contributed by atoms with Crippen LogP contribution in [0.15, 0.2) is 128 Å². The fourth-order valence-electron chi connectivity index (χ4n) is 5.57. The van der Waals surface area contributed by atoms with Crippen LogP contribution in [-0.4, -0.2) is 4.98 Å². The minimum atomic E-state index is 1.03. The van der Waals surface area contributed by atoms with Gasteiger partial charge in [0.15, 0.2) is 0 Å². The fraction of sp³-hybridized carbons (Fsp3) is 0.256. The third-order valence-electron chi connectivity index (χ3n) is 7.76. The van der Waals surface area contributed by atoms with Crippen molar-refractivity contribution < 1.29 is 0 Å². The highest BCUT2D eigenvalue weighted by Crippen LogP contribution is 2.28. The molecule has 40 heavy (non-hydrogen) atoms. The minimum Gasteiger partial charge on any atom is -0.256 e. The Balaban J connectivity index is 1.24. The van der Waals surface area contributed by atoms with E-state index in [1.807, 2.05) is 12.3 Å². The number of benzene rings is 4. The van der Waals surface area contributed by atoms with E-state index in [0.717, 1.165) is 18.5 Å². The predicted octanol–water partition coefficient (Wildman–Crippen LogP) is 10.3. The average molecular weight is 524 g/mol. The van der Waals surface area contributed by atoms with Crippen molar-refractivity contribution in [1.29, 1.82) is 0 Å². The zero-order valence-electron chi connectivity index (χ0n) is 23.6. The summed E-state index contributed by atoms with van der Waals surface area (Å²) in [5, 5.41) is 0. The third-order valence-corrected chi connectivity index (χ3v) is 7.76. The second-order valence-corrected chi connectivity index (χ2v) is 10.9. The molecule has 5 aromatic rings. The van der Waals surface area contributed by atoms with E-state index in [0.29, 0.717) is 0 Å². The minimum absolute atomic E-state index is 1.03. The van der Waals surface area contributed by atoms with Gasteiger partial charge in [-0.1, -0.05) is 116 Å². The molecule has 0 amide bonds. The van der Waals surface area contributed by atoms with Gasteiger partial charge in [0, 0.05) is 11.8 Å². The quantitative estimate of drug-likeness (QED) is 0.132. The molecule has 0 aliphatic heterocycles. The molecule has 202 valence electrons. The summed E-state index contributed by atoms with van der Waals surface area (Å²) >= 11 is 0. The van der Waals surface area contributed by atoms with Gasteiger partial charge in [-0.2, -0.15) is 0 Å². The van der Waals surface area contributed by atoms with Crippen molar-refractivity contribution in [1.82, 2.24) is 4.98 Å². The Morgan fingerprint density at radius 3 is 1.43 bits per heavy atom. The summed E-state index contributed by atoms with van der Waals surface area (Å²) in [6.07, 6.45) is 14.0. The van der Waals surface area contributed by atoms with Crippen molar-refractivity contribution in [2.75, 3.05) is 0 Å². The molecule has 1 nitrogen and oxygen atoms in total. The van der Waals surface area contributed by atoms with Crippen LogP contribution in [0.3, 0.4) is 0 Å². The lowest BCUT2D eigenvalue weighted by atomic mass is 9.93. The van der Waals surface area contributed by atoms with Crippen molar-refractivity contribution in [3.05, 3.63) is 150 Å². The summed E-state index contributed by atoms with van der Waals surface area (Å²) in [6.45, 7) is 0. The first kappa shape index (κ1) is 27.6. The molecular formula is C39H41N. The van der Waals surface area contributed by atoms with E-state index in [4.69, 9.17) is 0 Å². The number of nitrogens with zero attached hydrogens (tertiary/aromatic N) is 1. The first-order valence-electron chi connectivity index (χ1n) is 15.1. The van der Waals surface area contributed by atoms with Gasteiger partial charge < -0.3 is 0 Å². The lowest BCUT2D eigenvalue weighted by Crippen LogP contribution is -1.95. The molecule has 1 heteroatoms. The number of aromatic nitrogens is 1. The zero-order chi connectivity index (χ0) is 27.2. The van der Waals surface area contributed by atoms with Gasteiger partial charge in [0.05, 0.1) is 5.69 Å². The topological polar surface area (TPSA) is 12.9 Å². The van der Waals surface area contributed by atoms with Crippen molar-refractivity contribution >= 4 is 0 Å². The van der Waals surface area contributed by atoms with Crippen LogP contribution in [0.1, 0.15) is 60.8 Å². The lowest BCUT2D eigenvalue weighted by molar-refractivity contribution is 0.672. The Hall–Kier alpha value is -3.97. The molecule has 0 saturated heterocycles. The number of hydrogen-bond donors (Lipinski definition) is 0. The molecule has 0 atom stereocenters. The van der Waals surface area contributed by atoms with E-state index < -0.39 is 0 Å². The Labute approximate surface area is 241 Å². The molecule has 1 heterocycles. The highest BCUT2D eigenvalue weighted by atomic mass is 14.7. The van der Waals surface area contributed by atoms with E-state index in [1.54, 1.807) is 0 Å². The maximum atomic E-state index is 4.58. The van der Waals surface area contributed by atoms with Gasteiger partial charge in [-0.25, -0.2) is 0 Å². The number of aryl methyl sites for hydroxylation is 4. The van der Waals surface area contributed by atoms with Crippen LogP contribution in [0, 0.1) is 0 Å². The number of unbranched alkanes of at least 4 members (excludes halogenated alkanes) is 4. The predicted molar refractivity (Wildman–Crippen MR) is 171 cm³/mol. The molecule has 0 fully saturated rings. The Morgan fingerprint density at radius 1 is 0.350 bits per heavy atom. The van der Waals surface area contributed by atoms with Gasteiger partial charge >= 0.3 is 0 Å². The largest absolute Gasteiger partial charge is 0.256 e. The Kier molecular flexibility index (Phi) is 10.3. The SMILES string of the molecule is c1ccc(CCCCCc2cc(CCCCCc3ccccc3)cc(-c3cccc(-c4ccccn4)c3)c2)cc1. The van der Waals surface area contributed by atoms with Gasteiger partial charge in [0.25, 0.3) is 0 Å². The summed E-state index contributed by atoms with van der Waals surface area (Å²) in [4.78, 5) is 4.58. The second kappa shape index (κ2) is 15.0. The lowest BCUT2D eigenvalue weighted by Gasteiger charge is -2.12. The summed E-state index contributed by atoms with van der Waals surface area (Å²) in [7, 11) is 0. The molecular weight excluding hydrogens is 482 g/mol. The van der Waals surface area contributed by atoms with E-state index >= 15 is 0 Å². The molecule has 0 spiro atoms. The van der Waals surface area contributed by atoms with Crippen LogP contribution < -0.4 is 0 Å². The smallest absolute Gasteiger partial charge is 0.0702 e. The van der Waals surface area contributed by atoms with E-state index in [1.165, 1.54) is 90.3 Å². The number of hydrogen-bond acceptors (Lipinski definition) is 1. The molecule has 0 N–H and O–H groups in total. The van der Waals surface area contributed by atoms with Crippen LogP contribution in [0.4, 0.5) is 0 Å². The molecule has 5 rings (SSSR count). The molecule has 0 saturated carbocycles. The van der Waals surface area contributed by atoms with Crippen LogP contribution >= 0.6 is 0 Å². The van der Waals surface area contributed by atoms with Gasteiger partial charge in [0.1, 0.15) is 0 Å². The molecule has 0 aliphatic rings. The molecule has 0 unspecified atom stereocenters. The van der Waals surface area contributed by atoms with Crippen molar-refractivity contribution in [2.24, 2.45) is 0 Å². The van der Waals surface area contributed by atoms with Gasteiger partial charge in [0.2, 0.25) is 0 Å². The molecule has 4 aromatic carbocycles. The highest BCUT2D eigenvalue weighted by Gasteiger charge is 2.07. The number of rotatable bonds is 14. The van der Waals surface area contributed by atoms with Crippen molar-refractivity contribution in [2.45, 2.75) is 64.2 Å². The Bertz CT molecular complexity index is 1360. The summed E-state index contributed by atoms with van der Waals surface area (Å²) in [5.41, 5.74) is 10.7. The van der Waals surface area contributed by atoms with Gasteiger partial charge in [-0.3, -0.25) is 4.98 Å². The maximum Gasteiger partial charge on any atom is 0.0702 e. The summed E-state index contributed by atoms with van der Waals surface area (Å²) in [6, 6.07) is 44.1. The average Bonchev–Trinajstić information content (AvgIpc) is 3.02. The first-order chi connectivity index (χ1) is 19.8. The Morgan fingerprint density at radius 2 is 0.875 bits per heavy atom. The second-order valence-electron chi connectivity index (χ2n) is 10.9. The van der Waals surface area contributed by atoms with Gasteiger partial charge in [-0.15, -0.1) is 0 Å². The van der Waals surface area contributed by atoms with Crippen LogP contribution in [0.25, 0.3) is 22.4 Å². The standard InChI is InChI=1S/C39H41N/c1-5-16-32(17-6-1)20-9-3-11-22-34-28-35(23-12-4-10-21-33-18-7-2-8-19-33)30-38(29-34)36-24-15-25-37(31-36)39-26-13-14-27-40-39/h1-2,5-8,13-19,24-31H,3-4,9-12,20-23H2. The van der Waals surface area contributed by atoms with E-state index in [9.17, 15) is 0 Å². The molecule has 0 aliphatic carbocycles. The monoisotopic (exact) mass is 523 g/mol. The van der Waals surface area contributed by atoms with Crippen LogP contribution in [0.5, 0.6) is 0 Å². The summed E-state index contributed by atoms with van der Waals surface area (Å²) < 4.78 is 0. The fourth-order valence-corrected chi connectivity index (χ4v) is 5.57. The van der Waals surface area contributed by atoms with E-state index in [2.05, 4.69) is 120 Å². The van der Waals surface area contributed by atoms with Crippen molar-refractivity contribution in [3.8, 4) is 22.4 Å². The maximum absolute atomic E-state index is 4.58. The zero-order valence-corrected chi connectivity index (χ0v) is 23.6. The third kappa shape index (κ3) is 8.52. The van der Waals surface area contributed by atoms with E-state index in [-0.39, 0.29) is 0 Å². The molecule has 0 bridgehead atoms. The molecule has 0 radical (unpaired) electrons.